The first-order chi connectivity index (χ1) is 10.5. The number of hydrogen-bond acceptors (Lipinski definition) is 4. The molecule has 1 aliphatic rings. The summed E-state index contributed by atoms with van der Waals surface area (Å²) in [5, 5.41) is 3.35. The van der Waals surface area contributed by atoms with E-state index in [1.807, 2.05) is 30.3 Å². The zero-order valence-electron chi connectivity index (χ0n) is 14.0. The lowest BCUT2D eigenvalue weighted by Crippen LogP contribution is -2.51. The highest BCUT2D eigenvalue weighted by molar-refractivity contribution is 5.93. The lowest BCUT2D eigenvalue weighted by molar-refractivity contribution is -0.121. The van der Waals surface area contributed by atoms with Crippen LogP contribution in [0, 0.1) is 0 Å². The number of halogens is 1. The first-order valence-electron chi connectivity index (χ1n) is 7.74. The number of carbonyl (C=O) groups is 1. The Morgan fingerprint density at radius 1 is 1.43 bits per heavy atom. The molecule has 1 N–H and O–H groups in total. The second-order valence-corrected chi connectivity index (χ2v) is 6.08. The molecule has 0 aromatic heterocycles. The van der Waals surface area contributed by atoms with Gasteiger partial charge in [-0.1, -0.05) is 18.2 Å². The molecule has 2 atom stereocenters. The zero-order chi connectivity index (χ0) is 16.0. The monoisotopic (exact) mass is 339 g/mol. The van der Waals surface area contributed by atoms with Crippen molar-refractivity contribution in [2.45, 2.75) is 38.4 Å². The number of carbonyl (C=O) groups excluding carboxylic acids is 1. The number of benzene rings is 1. The van der Waals surface area contributed by atoms with E-state index < -0.39 is 0 Å². The first kappa shape index (κ1) is 19.7. The summed E-state index contributed by atoms with van der Waals surface area (Å²) in [4.78, 5) is 12.0. The average molecular weight is 340 g/mol. The molecule has 1 heterocycles. The third-order valence-corrected chi connectivity index (χ3v) is 3.89. The van der Waals surface area contributed by atoms with E-state index in [4.69, 9.17) is 9.47 Å². The van der Waals surface area contributed by atoms with Gasteiger partial charge in [-0.05, 0) is 44.0 Å². The maximum atomic E-state index is 12.0. The van der Waals surface area contributed by atoms with Crippen LogP contribution in [-0.4, -0.2) is 37.7 Å². The number of ketones is 1. The fourth-order valence-electron chi connectivity index (χ4n) is 2.63. The van der Waals surface area contributed by atoms with Crippen LogP contribution in [0.2, 0.25) is 0 Å². The maximum absolute atomic E-state index is 12.0. The summed E-state index contributed by atoms with van der Waals surface area (Å²) in [6.07, 6.45) is 4.91. The van der Waals surface area contributed by atoms with Crippen LogP contribution in [0.4, 0.5) is 0 Å². The number of ether oxygens (including phenoxy) is 2. The molecular weight excluding hydrogens is 314 g/mol. The SMILES string of the molecule is COc1ccc(/C=C/C(=O)CCC2(C)CNCC(C)O2)cc1.Cl. The minimum Gasteiger partial charge on any atom is -0.497 e. The number of rotatable bonds is 6. The summed E-state index contributed by atoms with van der Waals surface area (Å²) < 4.78 is 11.1. The Hall–Kier alpha value is -1.36. The molecule has 0 aliphatic carbocycles. The minimum atomic E-state index is -0.249. The number of hydrogen-bond donors (Lipinski definition) is 1. The van der Waals surface area contributed by atoms with Gasteiger partial charge in [0, 0.05) is 19.5 Å². The van der Waals surface area contributed by atoms with Crippen molar-refractivity contribution in [1.82, 2.24) is 5.32 Å². The van der Waals surface area contributed by atoms with E-state index in [-0.39, 0.29) is 29.9 Å². The van der Waals surface area contributed by atoms with Gasteiger partial charge in [0.05, 0.1) is 18.8 Å². The molecular formula is C18H26ClNO3. The lowest BCUT2D eigenvalue weighted by atomic mass is 9.96. The lowest BCUT2D eigenvalue weighted by Gasteiger charge is -2.38. The molecule has 2 rings (SSSR count). The maximum Gasteiger partial charge on any atom is 0.155 e. The molecule has 1 saturated heterocycles. The van der Waals surface area contributed by atoms with E-state index in [2.05, 4.69) is 19.2 Å². The van der Waals surface area contributed by atoms with Gasteiger partial charge in [0.15, 0.2) is 5.78 Å². The molecule has 2 unspecified atom stereocenters. The molecule has 1 fully saturated rings. The highest BCUT2D eigenvalue weighted by Gasteiger charge is 2.30. The molecule has 0 radical (unpaired) electrons. The molecule has 1 aromatic rings. The van der Waals surface area contributed by atoms with E-state index in [0.29, 0.717) is 6.42 Å². The summed E-state index contributed by atoms with van der Waals surface area (Å²) in [5.74, 6) is 0.936. The van der Waals surface area contributed by atoms with Gasteiger partial charge in [0.25, 0.3) is 0 Å². The van der Waals surface area contributed by atoms with Crippen LogP contribution in [0.3, 0.4) is 0 Å². The normalized spacial score (nSPS) is 24.2. The van der Waals surface area contributed by atoms with Crippen LogP contribution >= 0.6 is 12.4 Å². The van der Waals surface area contributed by atoms with Crippen molar-refractivity contribution >= 4 is 24.3 Å². The quantitative estimate of drug-likeness (QED) is 0.808. The second-order valence-electron chi connectivity index (χ2n) is 6.08. The first-order valence-corrected chi connectivity index (χ1v) is 7.74. The van der Waals surface area contributed by atoms with E-state index in [0.717, 1.165) is 30.8 Å². The van der Waals surface area contributed by atoms with Gasteiger partial charge < -0.3 is 14.8 Å². The number of methoxy groups -OCH3 is 1. The Labute approximate surface area is 144 Å². The molecule has 5 heteroatoms. The smallest absolute Gasteiger partial charge is 0.155 e. The summed E-state index contributed by atoms with van der Waals surface area (Å²) >= 11 is 0. The fourth-order valence-corrected chi connectivity index (χ4v) is 2.63. The van der Waals surface area contributed by atoms with E-state index in [1.165, 1.54) is 0 Å². The van der Waals surface area contributed by atoms with Gasteiger partial charge in [0.2, 0.25) is 0 Å². The second kappa shape index (κ2) is 9.06. The van der Waals surface area contributed by atoms with E-state index in [9.17, 15) is 4.79 Å². The molecule has 0 saturated carbocycles. The topological polar surface area (TPSA) is 47.6 Å². The van der Waals surface area contributed by atoms with Gasteiger partial charge >= 0.3 is 0 Å². The van der Waals surface area contributed by atoms with Crippen LogP contribution in [-0.2, 0) is 9.53 Å². The minimum absolute atomic E-state index is 0. The Bertz CT molecular complexity index is 530. The van der Waals surface area contributed by atoms with E-state index >= 15 is 0 Å². The molecule has 4 nitrogen and oxygen atoms in total. The average Bonchev–Trinajstić information content (AvgIpc) is 2.51. The Morgan fingerprint density at radius 3 is 2.74 bits per heavy atom. The standard InChI is InChI=1S/C18H25NO3.ClH/c1-14-12-19-13-18(2,22-14)11-10-16(20)7-4-15-5-8-17(21-3)9-6-15;/h4-9,14,19H,10-13H2,1-3H3;1H/b7-4+;. The van der Waals surface area contributed by atoms with Crippen LogP contribution in [0.5, 0.6) is 5.75 Å². The third-order valence-electron chi connectivity index (χ3n) is 3.89. The fraction of sp³-hybridized carbons (Fsp3) is 0.500. The largest absolute Gasteiger partial charge is 0.497 e. The predicted molar refractivity (Wildman–Crippen MR) is 95.3 cm³/mol. The highest BCUT2D eigenvalue weighted by Crippen LogP contribution is 2.22. The zero-order valence-corrected chi connectivity index (χ0v) is 14.8. The third kappa shape index (κ3) is 6.34. The highest BCUT2D eigenvalue weighted by atomic mass is 35.5. The Balaban J connectivity index is 0.00000264. The van der Waals surface area contributed by atoms with Crippen LogP contribution in [0.15, 0.2) is 30.3 Å². The van der Waals surface area contributed by atoms with Crippen molar-refractivity contribution in [2.75, 3.05) is 20.2 Å². The molecule has 0 bridgehead atoms. The Morgan fingerprint density at radius 2 is 2.13 bits per heavy atom. The number of allylic oxidation sites excluding steroid dienone is 1. The van der Waals surface area contributed by atoms with Gasteiger partial charge in [0.1, 0.15) is 5.75 Å². The summed E-state index contributed by atoms with van der Waals surface area (Å²) in [5.41, 5.74) is 0.742. The van der Waals surface area contributed by atoms with Crippen molar-refractivity contribution in [3.63, 3.8) is 0 Å². The summed E-state index contributed by atoms with van der Waals surface area (Å²) in [7, 11) is 1.64. The van der Waals surface area contributed by atoms with Crippen molar-refractivity contribution in [3.05, 3.63) is 35.9 Å². The Kier molecular flexibility index (Phi) is 7.76. The molecule has 1 aliphatic heterocycles. The van der Waals surface area contributed by atoms with Crippen molar-refractivity contribution < 1.29 is 14.3 Å². The molecule has 23 heavy (non-hydrogen) atoms. The van der Waals surface area contributed by atoms with Crippen molar-refractivity contribution in [3.8, 4) is 5.75 Å². The predicted octanol–water partition coefficient (Wildman–Crippen LogP) is 3.25. The van der Waals surface area contributed by atoms with Crippen molar-refractivity contribution in [1.29, 1.82) is 0 Å². The summed E-state index contributed by atoms with van der Waals surface area (Å²) in [6.45, 7) is 5.79. The van der Waals surface area contributed by atoms with Crippen molar-refractivity contribution in [2.24, 2.45) is 0 Å². The molecule has 128 valence electrons. The molecule has 0 spiro atoms. The van der Waals surface area contributed by atoms with E-state index in [1.54, 1.807) is 13.2 Å². The van der Waals surface area contributed by atoms with Crippen LogP contribution in [0.1, 0.15) is 32.3 Å². The number of morpholine rings is 1. The molecule has 1 aromatic carbocycles. The van der Waals surface area contributed by atoms with Gasteiger partial charge in [-0.15, -0.1) is 12.4 Å². The van der Waals surface area contributed by atoms with Gasteiger partial charge in [-0.3, -0.25) is 4.79 Å². The number of nitrogens with one attached hydrogen (secondary N) is 1. The molecule has 0 amide bonds. The summed E-state index contributed by atoms with van der Waals surface area (Å²) in [6, 6.07) is 7.63. The van der Waals surface area contributed by atoms with Crippen LogP contribution < -0.4 is 10.1 Å². The van der Waals surface area contributed by atoms with Gasteiger partial charge in [-0.2, -0.15) is 0 Å². The van der Waals surface area contributed by atoms with Gasteiger partial charge in [-0.25, -0.2) is 0 Å². The van der Waals surface area contributed by atoms with Crippen LogP contribution in [0.25, 0.3) is 6.08 Å².